The molecule has 0 aliphatic carbocycles. The van der Waals surface area contributed by atoms with Gasteiger partial charge in [0.15, 0.2) is 23.0 Å². The lowest BCUT2D eigenvalue weighted by atomic mass is 9.73. The van der Waals surface area contributed by atoms with Crippen molar-refractivity contribution in [1.29, 1.82) is 0 Å². The zero-order chi connectivity index (χ0) is 29.6. The van der Waals surface area contributed by atoms with E-state index in [9.17, 15) is 9.90 Å². The number of rotatable bonds is 10. The van der Waals surface area contributed by atoms with E-state index < -0.39 is 12.1 Å². The van der Waals surface area contributed by atoms with Gasteiger partial charge in [-0.25, -0.2) is 0 Å². The third-order valence-electron chi connectivity index (χ3n) is 8.82. The molecular formula is C32H40N2O7. The van der Waals surface area contributed by atoms with Gasteiger partial charge in [-0.3, -0.25) is 9.69 Å². The monoisotopic (exact) mass is 564 g/mol. The molecule has 220 valence electrons. The fourth-order valence-electron chi connectivity index (χ4n) is 7.28. The van der Waals surface area contributed by atoms with E-state index in [0.717, 1.165) is 33.4 Å². The molecule has 2 bridgehead atoms. The van der Waals surface area contributed by atoms with E-state index in [2.05, 4.69) is 18.1 Å². The highest BCUT2D eigenvalue weighted by atomic mass is 16.5. The van der Waals surface area contributed by atoms with Gasteiger partial charge in [0.1, 0.15) is 12.4 Å². The van der Waals surface area contributed by atoms with Crippen LogP contribution in [0.15, 0.2) is 31.4 Å². The molecule has 1 N–H and O–H groups in total. The molecule has 9 heteroatoms. The van der Waals surface area contributed by atoms with Gasteiger partial charge in [0.05, 0.1) is 58.7 Å². The maximum Gasteiger partial charge on any atom is 0.241 e. The first kappa shape index (κ1) is 28.8. The number of phenolic OH excluding ortho intramolecular Hbond substituents is 1. The number of hydrogen-bond donors (Lipinski definition) is 1. The van der Waals surface area contributed by atoms with Gasteiger partial charge in [-0.1, -0.05) is 18.7 Å². The smallest absolute Gasteiger partial charge is 0.241 e. The van der Waals surface area contributed by atoms with Crippen LogP contribution in [0, 0.1) is 13.8 Å². The number of fused-ring (bicyclic) bond motifs is 7. The van der Waals surface area contributed by atoms with Crippen LogP contribution in [0.5, 0.6) is 28.7 Å². The fourth-order valence-corrected chi connectivity index (χ4v) is 7.28. The van der Waals surface area contributed by atoms with E-state index in [1.165, 1.54) is 0 Å². The second-order valence-electron chi connectivity index (χ2n) is 10.8. The molecule has 2 aromatic rings. The van der Waals surface area contributed by atoms with Gasteiger partial charge in [-0.05, 0) is 50.9 Å². The summed E-state index contributed by atoms with van der Waals surface area (Å²) in [6, 6.07) is 0.519. The van der Waals surface area contributed by atoms with Crippen molar-refractivity contribution in [3.05, 3.63) is 64.8 Å². The largest absolute Gasteiger partial charge is 0.504 e. The fraction of sp³-hybridized carbons (Fsp3) is 0.469. The highest BCUT2D eigenvalue weighted by Crippen LogP contribution is 2.56. The van der Waals surface area contributed by atoms with Crippen LogP contribution in [0.1, 0.15) is 45.5 Å². The van der Waals surface area contributed by atoms with Crippen LogP contribution in [0.4, 0.5) is 0 Å². The molecule has 0 aromatic heterocycles. The summed E-state index contributed by atoms with van der Waals surface area (Å²) in [5, 5.41) is 10.7. The summed E-state index contributed by atoms with van der Waals surface area (Å²) in [6.45, 7) is 12.4. The number of ether oxygens (including phenoxy) is 5. The minimum Gasteiger partial charge on any atom is -0.504 e. The Labute approximate surface area is 241 Å². The molecule has 3 aliphatic rings. The molecule has 41 heavy (non-hydrogen) atoms. The first-order valence-corrected chi connectivity index (χ1v) is 13.9. The van der Waals surface area contributed by atoms with Crippen LogP contribution in [0.2, 0.25) is 0 Å². The van der Waals surface area contributed by atoms with Crippen molar-refractivity contribution < 1.29 is 33.6 Å². The van der Waals surface area contributed by atoms with Crippen molar-refractivity contribution in [3.8, 4) is 28.7 Å². The highest BCUT2D eigenvalue weighted by Gasteiger charge is 2.55. The van der Waals surface area contributed by atoms with Crippen molar-refractivity contribution in [3.63, 3.8) is 0 Å². The molecule has 0 saturated carbocycles. The van der Waals surface area contributed by atoms with Crippen LogP contribution < -0.4 is 18.9 Å². The number of hydrogen-bond acceptors (Lipinski definition) is 8. The summed E-state index contributed by atoms with van der Waals surface area (Å²) in [5.74, 6) is 2.42. The van der Waals surface area contributed by atoms with E-state index in [-0.39, 0.29) is 37.0 Å². The van der Waals surface area contributed by atoms with E-state index in [1.807, 2.05) is 25.8 Å². The third kappa shape index (κ3) is 4.33. The first-order valence-electron chi connectivity index (χ1n) is 13.9. The molecule has 3 aliphatic heterocycles. The van der Waals surface area contributed by atoms with Crippen LogP contribution in [-0.4, -0.2) is 81.1 Å². The third-order valence-corrected chi connectivity index (χ3v) is 8.82. The minimum absolute atomic E-state index is 0.0124. The first-order chi connectivity index (χ1) is 19.7. The standard InChI is InChI=1S/C32H40N2O7/c1-9-11-40-16-23-26-20(28(37-6)18(4)30(39-8)31(26)41-12-10-2)15-21-27-25-17(3)29(38-7)24(35)14-19(25)13-22(33(27)5)32(36)34(21)23/h9-10,14,21-23,27,35H,1-2,11-13,15-16H2,3-8H3/t21-,22+,23+,27+/m1/s1. The van der Waals surface area contributed by atoms with Gasteiger partial charge in [0.2, 0.25) is 5.91 Å². The molecule has 0 spiro atoms. The lowest BCUT2D eigenvalue weighted by Gasteiger charge is -2.57. The van der Waals surface area contributed by atoms with Gasteiger partial charge >= 0.3 is 0 Å². The summed E-state index contributed by atoms with van der Waals surface area (Å²) in [7, 11) is 6.85. The molecule has 1 amide bonds. The number of carbonyl (C=O) groups excluding carboxylic acids is 1. The van der Waals surface area contributed by atoms with Crippen molar-refractivity contribution in [2.45, 2.75) is 50.9 Å². The van der Waals surface area contributed by atoms with E-state index in [4.69, 9.17) is 23.7 Å². The molecule has 1 fully saturated rings. The number of amides is 1. The number of piperazine rings is 1. The molecule has 5 rings (SSSR count). The maximum absolute atomic E-state index is 14.4. The van der Waals surface area contributed by atoms with Crippen molar-refractivity contribution >= 4 is 5.91 Å². The topological polar surface area (TPSA) is 89.9 Å². The SMILES string of the molecule is C=CCOC[C@H]1c2c(c(OC)c(C)c(OC)c2OCC=C)C[C@@H]2[C@H]3c4c(cc(O)c(OC)c4C)C[C@@H](C(=O)N21)N3C. The molecule has 0 radical (unpaired) electrons. The lowest BCUT2D eigenvalue weighted by molar-refractivity contribution is -0.159. The molecule has 3 heterocycles. The normalized spacial score (nSPS) is 22.8. The average Bonchev–Trinajstić information content (AvgIpc) is 2.94. The van der Waals surface area contributed by atoms with Crippen LogP contribution in [0.3, 0.4) is 0 Å². The van der Waals surface area contributed by atoms with E-state index >= 15 is 0 Å². The average molecular weight is 565 g/mol. The molecule has 1 saturated heterocycles. The Balaban J connectivity index is 1.78. The zero-order valence-electron chi connectivity index (χ0n) is 24.8. The predicted octanol–water partition coefficient (Wildman–Crippen LogP) is 4.21. The number of phenols is 1. The van der Waals surface area contributed by atoms with Gasteiger partial charge in [0.25, 0.3) is 0 Å². The minimum atomic E-state index is -0.459. The van der Waals surface area contributed by atoms with Crippen LogP contribution >= 0.6 is 0 Å². The summed E-state index contributed by atoms with van der Waals surface area (Å²) in [6.07, 6.45) is 4.40. The van der Waals surface area contributed by atoms with Gasteiger partial charge in [0, 0.05) is 22.3 Å². The van der Waals surface area contributed by atoms with E-state index in [1.54, 1.807) is 39.5 Å². The highest BCUT2D eigenvalue weighted by molar-refractivity contribution is 5.86. The second kappa shape index (κ2) is 11.3. The van der Waals surface area contributed by atoms with Crippen LogP contribution in [-0.2, 0) is 22.4 Å². The Hall–Kier alpha value is -3.69. The van der Waals surface area contributed by atoms with Crippen LogP contribution in [0.25, 0.3) is 0 Å². The number of nitrogens with zero attached hydrogens (tertiary/aromatic N) is 2. The maximum atomic E-state index is 14.4. The van der Waals surface area contributed by atoms with Gasteiger partial charge < -0.3 is 33.7 Å². The Morgan fingerprint density at radius 3 is 2.27 bits per heavy atom. The van der Waals surface area contributed by atoms with Crippen molar-refractivity contribution in [2.75, 3.05) is 48.2 Å². The Kier molecular flexibility index (Phi) is 7.94. The number of aromatic hydroxyl groups is 1. The number of benzene rings is 2. The van der Waals surface area contributed by atoms with Gasteiger partial charge in [-0.15, -0.1) is 6.58 Å². The summed E-state index contributed by atoms with van der Waals surface area (Å²) in [4.78, 5) is 18.6. The van der Waals surface area contributed by atoms with Crippen molar-refractivity contribution in [2.24, 2.45) is 0 Å². The summed E-state index contributed by atoms with van der Waals surface area (Å²) in [5.41, 5.74) is 5.57. The molecule has 9 nitrogen and oxygen atoms in total. The summed E-state index contributed by atoms with van der Waals surface area (Å²) >= 11 is 0. The molecule has 0 unspecified atom stereocenters. The Morgan fingerprint density at radius 1 is 0.951 bits per heavy atom. The quantitative estimate of drug-likeness (QED) is 0.339. The van der Waals surface area contributed by atoms with Crippen molar-refractivity contribution in [1.82, 2.24) is 9.80 Å². The molecular weight excluding hydrogens is 524 g/mol. The molecule has 4 atom stereocenters. The Bertz CT molecular complexity index is 1390. The van der Waals surface area contributed by atoms with E-state index in [0.29, 0.717) is 42.4 Å². The number of methoxy groups -OCH3 is 3. The summed E-state index contributed by atoms with van der Waals surface area (Å²) < 4.78 is 29.8. The molecule has 2 aromatic carbocycles. The second-order valence-corrected chi connectivity index (χ2v) is 10.8. The predicted molar refractivity (Wildman–Crippen MR) is 155 cm³/mol. The zero-order valence-corrected chi connectivity index (χ0v) is 24.8. The number of likely N-dealkylation sites (N-methyl/N-ethyl adjacent to an activating group) is 1. The number of carbonyl (C=O) groups is 1. The van der Waals surface area contributed by atoms with Gasteiger partial charge in [-0.2, -0.15) is 0 Å². The lowest BCUT2D eigenvalue weighted by Crippen LogP contribution is -2.67. The Morgan fingerprint density at radius 2 is 1.63 bits per heavy atom.